The van der Waals surface area contributed by atoms with Gasteiger partial charge in [0.1, 0.15) is 16.7 Å². The number of hydrogen-bond donors (Lipinski definition) is 1. The van der Waals surface area contributed by atoms with E-state index in [4.69, 9.17) is 4.42 Å². The molecule has 3 rings (SSSR count). The molecule has 1 aromatic heterocycles. The first-order chi connectivity index (χ1) is 10.5. The molecule has 22 heavy (non-hydrogen) atoms. The Morgan fingerprint density at radius 3 is 2.27 bits per heavy atom. The highest BCUT2D eigenvalue weighted by Gasteiger charge is 2.13. The van der Waals surface area contributed by atoms with Gasteiger partial charge in [0.25, 0.3) is 0 Å². The van der Waals surface area contributed by atoms with Gasteiger partial charge in [-0.2, -0.15) is 0 Å². The Labute approximate surface area is 129 Å². The van der Waals surface area contributed by atoms with Gasteiger partial charge in [0, 0.05) is 17.0 Å². The van der Waals surface area contributed by atoms with Crippen LogP contribution in [0, 0.1) is 0 Å². The topological polar surface area (TPSA) is 45.7 Å². The Hall–Kier alpha value is -2.55. The maximum absolute atomic E-state index is 9.24. The third-order valence-electron chi connectivity index (χ3n) is 3.79. The highest BCUT2D eigenvalue weighted by Crippen LogP contribution is 2.27. The molecule has 0 fully saturated rings. The third-order valence-corrected chi connectivity index (χ3v) is 3.79. The van der Waals surface area contributed by atoms with Crippen LogP contribution < -0.4 is 5.36 Å². The SMILES string of the molecule is CC(C)(C)c1ccc(-c2c/c(=N\O)c3ccccc3o2)cc1. The number of hydrogen-bond acceptors (Lipinski definition) is 3. The molecule has 0 amide bonds. The average Bonchev–Trinajstić information content (AvgIpc) is 2.53. The highest BCUT2D eigenvalue weighted by molar-refractivity contribution is 5.78. The minimum Gasteiger partial charge on any atom is -0.456 e. The van der Waals surface area contributed by atoms with E-state index in [0.717, 1.165) is 10.9 Å². The molecule has 1 N–H and O–H groups in total. The second kappa shape index (κ2) is 5.34. The molecule has 0 saturated heterocycles. The van der Waals surface area contributed by atoms with Gasteiger partial charge in [0.05, 0.1) is 0 Å². The molecule has 0 radical (unpaired) electrons. The Kier molecular flexibility index (Phi) is 3.49. The molecular formula is C19H19NO2. The van der Waals surface area contributed by atoms with Crippen molar-refractivity contribution >= 4 is 11.0 Å². The predicted molar refractivity (Wildman–Crippen MR) is 87.7 cm³/mol. The predicted octanol–water partition coefficient (Wildman–Crippen LogP) is 4.69. The molecule has 0 saturated carbocycles. The second-order valence-corrected chi connectivity index (χ2v) is 6.42. The molecule has 3 aromatic rings. The summed E-state index contributed by atoms with van der Waals surface area (Å²) in [6.45, 7) is 6.56. The van der Waals surface area contributed by atoms with Crippen molar-refractivity contribution in [2.24, 2.45) is 5.16 Å². The van der Waals surface area contributed by atoms with Crippen molar-refractivity contribution < 1.29 is 9.62 Å². The monoisotopic (exact) mass is 293 g/mol. The van der Waals surface area contributed by atoms with Crippen molar-refractivity contribution in [3.05, 3.63) is 65.5 Å². The molecule has 3 nitrogen and oxygen atoms in total. The van der Waals surface area contributed by atoms with Crippen molar-refractivity contribution in [1.29, 1.82) is 0 Å². The van der Waals surface area contributed by atoms with Gasteiger partial charge in [-0.05, 0) is 23.1 Å². The van der Waals surface area contributed by atoms with Crippen molar-refractivity contribution in [1.82, 2.24) is 0 Å². The van der Waals surface area contributed by atoms with Gasteiger partial charge in [-0.25, -0.2) is 0 Å². The smallest absolute Gasteiger partial charge is 0.136 e. The number of fused-ring (bicyclic) bond motifs is 1. The summed E-state index contributed by atoms with van der Waals surface area (Å²) in [5, 5.41) is 13.9. The summed E-state index contributed by atoms with van der Waals surface area (Å²) in [5.74, 6) is 0.687. The van der Waals surface area contributed by atoms with Gasteiger partial charge in [-0.3, -0.25) is 0 Å². The number of benzene rings is 2. The van der Waals surface area contributed by atoms with Crippen LogP contribution in [-0.2, 0) is 5.41 Å². The Morgan fingerprint density at radius 2 is 1.64 bits per heavy atom. The first-order valence-electron chi connectivity index (χ1n) is 7.31. The third kappa shape index (κ3) is 2.62. The van der Waals surface area contributed by atoms with Gasteiger partial charge in [-0.15, -0.1) is 0 Å². The van der Waals surface area contributed by atoms with Gasteiger partial charge in [-0.1, -0.05) is 62.3 Å². The fourth-order valence-corrected chi connectivity index (χ4v) is 2.48. The minimum absolute atomic E-state index is 0.116. The molecule has 0 aliphatic rings. The van der Waals surface area contributed by atoms with E-state index in [-0.39, 0.29) is 5.41 Å². The maximum Gasteiger partial charge on any atom is 0.136 e. The van der Waals surface area contributed by atoms with Crippen LogP contribution in [0.1, 0.15) is 26.3 Å². The quantitative estimate of drug-likeness (QED) is 0.522. The molecule has 3 heteroatoms. The van der Waals surface area contributed by atoms with E-state index in [1.165, 1.54) is 5.56 Å². The first-order valence-corrected chi connectivity index (χ1v) is 7.31. The number of nitrogens with zero attached hydrogens (tertiary/aromatic N) is 1. The molecule has 0 atom stereocenters. The van der Waals surface area contributed by atoms with Gasteiger partial charge >= 0.3 is 0 Å². The van der Waals surface area contributed by atoms with Crippen LogP contribution in [0.5, 0.6) is 0 Å². The molecule has 0 aliphatic carbocycles. The standard InChI is InChI=1S/C19H19NO2/c1-19(2,3)14-10-8-13(9-11-14)18-12-16(20-21)15-6-4-5-7-17(15)22-18/h4-12,21H,1-3H3/b20-16+. The van der Waals surface area contributed by atoms with Crippen LogP contribution in [0.4, 0.5) is 0 Å². The van der Waals surface area contributed by atoms with E-state index in [1.54, 1.807) is 6.07 Å². The van der Waals surface area contributed by atoms with Crippen LogP contribution in [-0.4, -0.2) is 5.21 Å². The van der Waals surface area contributed by atoms with Crippen LogP contribution in [0.3, 0.4) is 0 Å². The number of para-hydroxylation sites is 1. The zero-order valence-electron chi connectivity index (χ0n) is 13.0. The fourth-order valence-electron chi connectivity index (χ4n) is 2.48. The fraction of sp³-hybridized carbons (Fsp3) is 0.211. The molecule has 1 heterocycles. The van der Waals surface area contributed by atoms with Crippen LogP contribution >= 0.6 is 0 Å². The van der Waals surface area contributed by atoms with E-state index in [0.29, 0.717) is 16.7 Å². The lowest BCUT2D eigenvalue weighted by molar-refractivity contribution is 0.302. The van der Waals surface area contributed by atoms with E-state index < -0.39 is 0 Å². The molecule has 0 aliphatic heterocycles. The number of rotatable bonds is 1. The van der Waals surface area contributed by atoms with Gasteiger partial charge in [0.15, 0.2) is 0 Å². The average molecular weight is 293 g/mol. The summed E-state index contributed by atoms with van der Waals surface area (Å²) in [7, 11) is 0. The molecule has 0 bridgehead atoms. The first kappa shape index (κ1) is 14.4. The van der Waals surface area contributed by atoms with E-state index in [2.05, 4.69) is 38.1 Å². The summed E-state index contributed by atoms with van der Waals surface area (Å²) in [5.41, 5.74) is 3.05. The summed E-state index contributed by atoms with van der Waals surface area (Å²) in [4.78, 5) is 0. The highest BCUT2D eigenvalue weighted by atomic mass is 16.4. The Balaban J connectivity index is 2.14. The zero-order chi connectivity index (χ0) is 15.7. The molecule has 2 aromatic carbocycles. The lowest BCUT2D eigenvalue weighted by atomic mass is 9.86. The van der Waals surface area contributed by atoms with E-state index >= 15 is 0 Å². The second-order valence-electron chi connectivity index (χ2n) is 6.42. The maximum atomic E-state index is 9.24. The van der Waals surface area contributed by atoms with Gasteiger partial charge in [0.2, 0.25) is 0 Å². The summed E-state index contributed by atoms with van der Waals surface area (Å²) in [6, 6.07) is 17.6. The lowest BCUT2D eigenvalue weighted by Crippen LogP contribution is -2.10. The minimum atomic E-state index is 0.116. The Morgan fingerprint density at radius 1 is 0.955 bits per heavy atom. The normalized spacial score (nSPS) is 12.8. The van der Waals surface area contributed by atoms with Crippen LogP contribution in [0.15, 0.2) is 64.2 Å². The summed E-state index contributed by atoms with van der Waals surface area (Å²) < 4.78 is 5.94. The Bertz CT molecular complexity index is 868. The lowest BCUT2D eigenvalue weighted by Gasteiger charge is -2.19. The van der Waals surface area contributed by atoms with Crippen molar-refractivity contribution in [3.8, 4) is 11.3 Å². The van der Waals surface area contributed by atoms with E-state index in [9.17, 15) is 5.21 Å². The van der Waals surface area contributed by atoms with Crippen LogP contribution in [0.2, 0.25) is 0 Å². The molecule has 0 spiro atoms. The van der Waals surface area contributed by atoms with Crippen molar-refractivity contribution in [3.63, 3.8) is 0 Å². The zero-order valence-corrected chi connectivity index (χ0v) is 13.0. The molecular weight excluding hydrogens is 274 g/mol. The van der Waals surface area contributed by atoms with E-state index in [1.807, 2.05) is 36.4 Å². The summed E-state index contributed by atoms with van der Waals surface area (Å²) >= 11 is 0. The van der Waals surface area contributed by atoms with Gasteiger partial charge < -0.3 is 9.62 Å². The van der Waals surface area contributed by atoms with Crippen molar-refractivity contribution in [2.75, 3.05) is 0 Å². The summed E-state index contributed by atoms with van der Waals surface area (Å²) in [6.07, 6.45) is 0. The van der Waals surface area contributed by atoms with Crippen molar-refractivity contribution in [2.45, 2.75) is 26.2 Å². The molecule has 0 unspecified atom stereocenters. The van der Waals surface area contributed by atoms with Crippen LogP contribution in [0.25, 0.3) is 22.3 Å². The largest absolute Gasteiger partial charge is 0.456 e. The molecule has 112 valence electrons.